The number of hydrogen-bond donors (Lipinski definition) is 1. The molecular weight excluding hydrogens is 267 g/mol. The molecule has 1 aliphatic heterocycles. The predicted octanol–water partition coefficient (Wildman–Crippen LogP) is 3.59. The number of anilines is 1. The summed E-state index contributed by atoms with van der Waals surface area (Å²) in [5, 5.41) is 4.24. The second kappa shape index (κ2) is 7.88. The SMILES string of the molecule is CCN(CC1CCNCC1)c1cccc(Cl)c1.Cl. The highest BCUT2D eigenvalue weighted by Gasteiger charge is 2.16. The van der Waals surface area contributed by atoms with Gasteiger partial charge in [-0.25, -0.2) is 0 Å². The largest absolute Gasteiger partial charge is 0.371 e. The third-order valence-corrected chi connectivity index (χ3v) is 3.73. The lowest BCUT2D eigenvalue weighted by Gasteiger charge is -2.31. The van der Waals surface area contributed by atoms with Crippen LogP contribution in [0.15, 0.2) is 24.3 Å². The molecule has 1 N–H and O–H groups in total. The third kappa shape index (κ3) is 4.34. The zero-order chi connectivity index (χ0) is 12.1. The molecule has 2 rings (SSSR count). The summed E-state index contributed by atoms with van der Waals surface area (Å²) < 4.78 is 0. The van der Waals surface area contributed by atoms with Crippen LogP contribution in [-0.2, 0) is 0 Å². The summed E-state index contributed by atoms with van der Waals surface area (Å²) in [6, 6.07) is 8.18. The second-order valence-corrected chi connectivity index (χ2v) is 5.15. The van der Waals surface area contributed by atoms with E-state index in [-0.39, 0.29) is 12.4 Å². The van der Waals surface area contributed by atoms with Gasteiger partial charge in [0.25, 0.3) is 0 Å². The van der Waals surface area contributed by atoms with E-state index in [2.05, 4.69) is 29.3 Å². The van der Waals surface area contributed by atoms with E-state index < -0.39 is 0 Å². The van der Waals surface area contributed by atoms with E-state index in [0.717, 1.165) is 37.1 Å². The van der Waals surface area contributed by atoms with Crippen molar-refractivity contribution in [2.45, 2.75) is 19.8 Å². The minimum absolute atomic E-state index is 0. The summed E-state index contributed by atoms with van der Waals surface area (Å²) in [6.45, 7) is 6.74. The summed E-state index contributed by atoms with van der Waals surface area (Å²) >= 11 is 6.05. The van der Waals surface area contributed by atoms with Gasteiger partial charge in [0.05, 0.1) is 0 Å². The first-order valence-electron chi connectivity index (χ1n) is 6.51. The molecule has 1 aromatic rings. The number of piperidine rings is 1. The molecule has 0 bridgehead atoms. The van der Waals surface area contributed by atoms with Crippen LogP contribution in [-0.4, -0.2) is 26.2 Å². The Hall–Kier alpha value is -0.440. The lowest BCUT2D eigenvalue weighted by Crippen LogP contribution is -2.36. The number of nitrogens with one attached hydrogen (secondary N) is 1. The highest BCUT2D eigenvalue weighted by Crippen LogP contribution is 2.22. The van der Waals surface area contributed by atoms with Gasteiger partial charge in [-0.1, -0.05) is 17.7 Å². The lowest BCUT2D eigenvalue weighted by atomic mass is 9.97. The quantitative estimate of drug-likeness (QED) is 0.911. The minimum atomic E-state index is 0. The van der Waals surface area contributed by atoms with Crippen molar-refractivity contribution in [3.63, 3.8) is 0 Å². The third-order valence-electron chi connectivity index (χ3n) is 3.49. The number of rotatable bonds is 4. The van der Waals surface area contributed by atoms with E-state index >= 15 is 0 Å². The average Bonchev–Trinajstić information content (AvgIpc) is 2.37. The molecule has 4 heteroatoms. The fraction of sp³-hybridized carbons (Fsp3) is 0.571. The number of benzene rings is 1. The van der Waals surface area contributed by atoms with Crippen molar-refractivity contribution in [2.24, 2.45) is 5.92 Å². The number of halogens is 2. The van der Waals surface area contributed by atoms with Crippen LogP contribution in [0.4, 0.5) is 5.69 Å². The van der Waals surface area contributed by atoms with Gasteiger partial charge < -0.3 is 10.2 Å². The van der Waals surface area contributed by atoms with Crippen LogP contribution in [0.5, 0.6) is 0 Å². The molecule has 0 atom stereocenters. The standard InChI is InChI=1S/C14H21ClN2.ClH/c1-2-17(11-12-6-8-16-9-7-12)14-5-3-4-13(15)10-14;/h3-5,10,12,16H,2,6-9,11H2,1H3;1H. The van der Waals surface area contributed by atoms with Gasteiger partial charge in [-0.05, 0) is 57.0 Å². The Morgan fingerprint density at radius 2 is 2.06 bits per heavy atom. The monoisotopic (exact) mass is 288 g/mol. The van der Waals surface area contributed by atoms with Gasteiger partial charge in [-0.15, -0.1) is 12.4 Å². The maximum atomic E-state index is 6.05. The maximum absolute atomic E-state index is 6.05. The Labute approximate surface area is 121 Å². The van der Waals surface area contributed by atoms with Gasteiger partial charge in [-0.2, -0.15) is 0 Å². The molecule has 102 valence electrons. The number of hydrogen-bond acceptors (Lipinski definition) is 2. The summed E-state index contributed by atoms with van der Waals surface area (Å²) in [7, 11) is 0. The molecule has 1 fully saturated rings. The summed E-state index contributed by atoms with van der Waals surface area (Å²) in [5.74, 6) is 0.815. The smallest absolute Gasteiger partial charge is 0.0426 e. The Kier molecular flexibility index (Phi) is 6.83. The van der Waals surface area contributed by atoms with Crippen LogP contribution >= 0.6 is 24.0 Å². The van der Waals surface area contributed by atoms with Crippen LogP contribution in [0.25, 0.3) is 0 Å². The minimum Gasteiger partial charge on any atom is -0.371 e. The van der Waals surface area contributed by atoms with E-state index in [1.807, 2.05) is 12.1 Å². The van der Waals surface area contributed by atoms with E-state index in [9.17, 15) is 0 Å². The zero-order valence-electron chi connectivity index (χ0n) is 10.9. The molecule has 0 radical (unpaired) electrons. The van der Waals surface area contributed by atoms with Crippen LogP contribution in [0.2, 0.25) is 5.02 Å². The van der Waals surface area contributed by atoms with Gasteiger partial charge in [0, 0.05) is 23.8 Å². The van der Waals surface area contributed by atoms with Crippen molar-refractivity contribution in [3.05, 3.63) is 29.3 Å². The molecular formula is C14H22Cl2N2. The van der Waals surface area contributed by atoms with E-state index in [0.29, 0.717) is 0 Å². The fourth-order valence-corrected chi connectivity index (χ4v) is 2.65. The molecule has 0 spiro atoms. The Morgan fingerprint density at radius 3 is 2.67 bits per heavy atom. The summed E-state index contributed by atoms with van der Waals surface area (Å²) in [5.41, 5.74) is 1.25. The molecule has 1 saturated heterocycles. The van der Waals surface area contributed by atoms with Crippen LogP contribution in [0, 0.1) is 5.92 Å². The van der Waals surface area contributed by atoms with Crippen molar-refractivity contribution in [2.75, 3.05) is 31.1 Å². The van der Waals surface area contributed by atoms with Gasteiger partial charge in [0.2, 0.25) is 0 Å². The summed E-state index contributed by atoms with van der Waals surface area (Å²) in [4.78, 5) is 2.43. The molecule has 18 heavy (non-hydrogen) atoms. The first-order valence-corrected chi connectivity index (χ1v) is 6.88. The van der Waals surface area contributed by atoms with Gasteiger partial charge in [-0.3, -0.25) is 0 Å². The van der Waals surface area contributed by atoms with E-state index in [1.165, 1.54) is 18.5 Å². The molecule has 1 heterocycles. The van der Waals surface area contributed by atoms with Crippen LogP contribution in [0.1, 0.15) is 19.8 Å². The Bertz CT molecular complexity index is 351. The van der Waals surface area contributed by atoms with Crippen LogP contribution < -0.4 is 10.2 Å². The average molecular weight is 289 g/mol. The predicted molar refractivity (Wildman–Crippen MR) is 82.2 cm³/mol. The van der Waals surface area contributed by atoms with E-state index in [1.54, 1.807) is 0 Å². The molecule has 1 aromatic carbocycles. The van der Waals surface area contributed by atoms with Crippen molar-refractivity contribution >= 4 is 29.7 Å². The van der Waals surface area contributed by atoms with Gasteiger partial charge in [0.1, 0.15) is 0 Å². The van der Waals surface area contributed by atoms with Crippen molar-refractivity contribution in [1.82, 2.24) is 5.32 Å². The van der Waals surface area contributed by atoms with Gasteiger partial charge in [0.15, 0.2) is 0 Å². The zero-order valence-corrected chi connectivity index (χ0v) is 12.4. The molecule has 0 aromatic heterocycles. The Morgan fingerprint density at radius 1 is 1.33 bits per heavy atom. The first-order chi connectivity index (χ1) is 8.29. The maximum Gasteiger partial charge on any atom is 0.0426 e. The van der Waals surface area contributed by atoms with Crippen molar-refractivity contribution in [3.8, 4) is 0 Å². The van der Waals surface area contributed by atoms with E-state index in [4.69, 9.17) is 11.6 Å². The summed E-state index contributed by atoms with van der Waals surface area (Å²) in [6.07, 6.45) is 2.58. The molecule has 0 saturated carbocycles. The normalized spacial score (nSPS) is 16.1. The molecule has 0 amide bonds. The fourth-order valence-electron chi connectivity index (χ4n) is 2.47. The van der Waals surface area contributed by atoms with Crippen molar-refractivity contribution in [1.29, 1.82) is 0 Å². The Balaban J connectivity index is 0.00000162. The van der Waals surface area contributed by atoms with Gasteiger partial charge >= 0.3 is 0 Å². The van der Waals surface area contributed by atoms with Crippen molar-refractivity contribution < 1.29 is 0 Å². The van der Waals surface area contributed by atoms with Crippen LogP contribution in [0.3, 0.4) is 0 Å². The highest BCUT2D eigenvalue weighted by atomic mass is 35.5. The lowest BCUT2D eigenvalue weighted by molar-refractivity contribution is 0.374. The highest BCUT2D eigenvalue weighted by molar-refractivity contribution is 6.30. The second-order valence-electron chi connectivity index (χ2n) is 4.71. The molecule has 0 aliphatic carbocycles. The molecule has 0 unspecified atom stereocenters. The topological polar surface area (TPSA) is 15.3 Å². The molecule has 1 aliphatic rings. The first kappa shape index (κ1) is 15.6. The number of nitrogens with zero attached hydrogens (tertiary/aromatic N) is 1. The molecule has 2 nitrogen and oxygen atoms in total.